The van der Waals surface area contributed by atoms with Crippen molar-refractivity contribution in [2.45, 2.75) is 19.3 Å². The molecular weight excluding hydrogens is 194 g/mol. The molecule has 0 fully saturated rings. The van der Waals surface area contributed by atoms with Crippen molar-refractivity contribution >= 4 is 0 Å². The summed E-state index contributed by atoms with van der Waals surface area (Å²) in [7, 11) is 1.99. The smallest absolute Gasteiger partial charge is 0.0258 e. The van der Waals surface area contributed by atoms with E-state index in [0.29, 0.717) is 0 Å². The maximum Gasteiger partial charge on any atom is 0.0258 e. The van der Waals surface area contributed by atoms with Gasteiger partial charge in [0.15, 0.2) is 0 Å². The van der Waals surface area contributed by atoms with E-state index in [1.807, 2.05) is 13.1 Å². The first-order valence-corrected chi connectivity index (χ1v) is 5.65. The first-order chi connectivity index (χ1) is 7.65. The van der Waals surface area contributed by atoms with E-state index < -0.39 is 0 Å². The number of allylic oxidation sites excluding steroid dienone is 2. The fourth-order valence-corrected chi connectivity index (χ4v) is 1.99. The molecule has 1 heteroatoms. The summed E-state index contributed by atoms with van der Waals surface area (Å²) in [5, 5.41) is 3.27. The minimum Gasteiger partial charge on any atom is -0.319 e. The lowest BCUT2D eigenvalue weighted by Gasteiger charge is -2.31. The largest absolute Gasteiger partial charge is 0.319 e. The monoisotopic (exact) mass is 215 g/mol. The van der Waals surface area contributed by atoms with Crippen LogP contribution in [0.3, 0.4) is 0 Å². The molecule has 1 nitrogen and oxygen atoms in total. The summed E-state index contributed by atoms with van der Waals surface area (Å²) < 4.78 is 0. The van der Waals surface area contributed by atoms with Gasteiger partial charge in [0.1, 0.15) is 0 Å². The van der Waals surface area contributed by atoms with Crippen LogP contribution in [0.5, 0.6) is 0 Å². The van der Waals surface area contributed by atoms with Crippen LogP contribution in [0.25, 0.3) is 0 Å². The zero-order valence-electron chi connectivity index (χ0n) is 10.5. The van der Waals surface area contributed by atoms with E-state index in [1.54, 1.807) is 0 Å². The first-order valence-electron chi connectivity index (χ1n) is 5.65. The average Bonchev–Trinajstić information content (AvgIpc) is 2.30. The van der Waals surface area contributed by atoms with Crippen molar-refractivity contribution in [2.24, 2.45) is 0 Å². The highest BCUT2D eigenvalue weighted by molar-refractivity contribution is 5.36. The van der Waals surface area contributed by atoms with Gasteiger partial charge < -0.3 is 5.32 Å². The third-order valence-electron chi connectivity index (χ3n) is 3.18. The molecule has 0 spiro atoms. The van der Waals surface area contributed by atoms with Crippen molar-refractivity contribution in [1.82, 2.24) is 5.32 Å². The Labute approximate surface area is 98.9 Å². The number of likely N-dealkylation sites (N-methyl/N-ethyl adjacent to an activating group) is 1. The van der Waals surface area contributed by atoms with Gasteiger partial charge in [-0.15, -0.1) is 0 Å². The Morgan fingerprint density at radius 1 is 1.38 bits per heavy atom. The van der Waals surface area contributed by atoms with Crippen molar-refractivity contribution in [3.05, 3.63) is 60.2 Å². The highest BCUT2D eigenvalue weighted by Crippen LogP contribution is 2.30. The molecule has 1 unspecified atom stereocenters. The predicted octanol–water partition coefficient (Wildman–Crippen LogP) is 3.30. The summed E-state index contributed by atoms with van der Waals surface area (Å²) in [6.07, 6.45) is 3.94. The quantitative estimate of drug-likeness (QED) is 0.743. The van der Waals surface area contributed by atoms with E-state index in [0.717, 1.165) is 6.54 Å². The van der Waals surface area contributed by atoms with Crippen LogP contribution in [-0.4, -0.2) is 13.6 Å². The molecule has 16 heavy (non-hydrogen) atoms. The number of nitrogens with one attached hydrogen (secondary N) is 1. The van der Waals surface area contributed by atoms with Crippen LogP contribution in [0.15, 0.2) is 54.6 Å². The van der Waals surface area contributed by atoms with Crippen molar-refractivity contribution in [3.63, 3.8) is 0 Å². The topological polar surface area (TPSA) is 12.0 Å². The molecule has 0 aliphatic carbocycles. The Hall–Kier alpha value is -1.34. The summed E-state index contributed by atoms with van der Waals surface area (Å²) >= 11 is 0. The normalized spacial score (nSPS) is 15.6. The lowest BCUT2D eigenvalue weighted by Crippen LogP contribution is -2.35. The number of rotatable bonds is 5. The fraction of sp³-hybridized carbons (Fsp3) is 0.333. The van der Waals surface area contributed by atoms with Gasteiger partial charge in [0, 0.05) is 12.0 Å². The molecule has 0 amide bonds. The van der Waals surface area contributed by atoms with Gasteiger partial charge in [0.05, 0.1) is 0 Å². The van der Waals surface area contributed by atoms with Crippen molar-refractivity contribution in [3.8, 4) is 0 Å². The summed E-state index contributed by atoms with van der Waals surface area (Å²) in [5.41, 5.74) is 2.69. The number of benzene rings is 1. The zero-order valence-corrected chi connectivity index (χ0v) is 10.5. The van der Waals surface area contributed by atoms with Crippen LogP contribution < -0.4 is 5.32 Å². The van der Waals surface area contributed by atoms with Gasteiger partial charge in [-0.25, -0.2) is 0 Å². The molecule has 0 aliphatic heterocycles. The van der Waals surface area contributed by atoms with Gasteiger partial charge >= 0.3 is 0 Å². The van der Waals surface area contributed by atoms with Crippen LogP contribution in [-0.2, 0) is 5.41 Å². The molecule has 1 rings (SSSR count). The molecule has 0 aromatic heterocycles. The second kappa shape index (κ2) is 5.66. The van der Waals surface area contributed by atoms with Crippen molar-refractivity contribution in [1.29, 1.82) is 0 Å². The Balaban J connectivity index is 3.16. The molecular formula is C15H21N. The van der Waals surface area contributed by atoms with Gasteiger partial charge in [0.25, 0.3) is 0 Å². The van der Waals surface area contributed by atoms with Crippen molar-refractivity contribution in [2.75, 3.05) is 13.6 Å². The molecule has 0 radical (unpaired) electrons. The third-order valence-corrected chi connectivity index (χ3v) is 3.18. The summed E-state index contributed by atoms with van der Waals surface area (Å²) in [4.78, 5) is 0. The second-order valence-electron chi connectivity index (χ2n) is 4.31. The van der Waals surface area contributed by atoms with Gasteiger partial charge in [-0.05, 0) is 19.5 Å². The van der Waals surface area contributed by atoms with Gasteiger partial charge in [-0.3, -0.25) is 0 Å². The van der Waals surface area contributed by atoms with E-state index in [9.17, 15) is 0 Å². The summed E-state index contributed by atoms with van der Waals surface area (Å²) in [6.45, 7) is 9.11. The molecule has 0 aliphatic rings. The Bertz CT molecular complexity index is 364. The molecule has 1 atom stereocenters. The molecule has 1 aromatic carbocycles. The number of hydrogen-bond donors (Lipinski definition) is 1. The molecule has 0 saturated heterocycles. The molecule has 0 bridgehead atoms. The van der Waals surface area contributed by atoms with Crippen molar-refractivity contribution < 1.29 is 0 Å². The van der Waals surface area contributed by atoms with Gasteiger partial charge in [0.2, 0.25) is 0 Å². The lowest BCUT2D eigenvalue weighted by atomic mass is 9.76. The van der Waals surface area contributed by atoms with E-state index in [2.05, 4.69) is 62.2 Å². The minimum absolute atomic E-state index is 0.0319. The highest BCUT2D eigenvalue weighted by Gasteiger charge is 2.27. The first kappa shape index (κ1) is 12.7. The van der Waals surface area contributed by atoms with Crippen LogP contribution >= 0.6 is 0 Å². The maximum absolute atomic E-state index is 3.77. The average molecular weight is 215 g/mol. The Kier molecular flexibility index (Phi) is 4.51. The highest BCUT2D eigenvalue weighted by atomic mass is 14.8. The van der Waals surface area contributed by atoms with E-state index in [-0.39, 0.29) is 5.41 Å². The molecule has 1 N–H and O–H groups in total. The minimum atomic E-state index is 0.0319. The summed E-state index contributed by atoms with van der Waals surface area (Å²) in [5.74, 6) is 0. The van der Waals surface area contributed by atoms with E-state index >= 15 is 0 Å². The van der Waals surface area contributed by atoms with Gasteiger partial charge in [-0.2, -0.15) is 0 Å². The van der Waals surface area contributed by atoms with Crippen LogP contribution in [0.1, 0.15) is 19.4 Å². The summed E-state index contributed by atoms with van der Waals surface area (Å²) in [6, 6.07) is 10.6. The van der Waals surface area contributed by atoms with E-state index in [1.165, 1.54) is 11.1 Å². The van der Waals surface area contributed by atoms with Crippen LogP contribution in [0, 0.1) is 0 Å². The third kappa shape index (κ3) is 2.61. The molecule has 86 valence electrons. The zero-order chi connectivity index (χ0) is 12.0. The SMILES string of the molecule is C=C/C=C(\C)C(C)(CNC)c1ccccc1. The predicted molar refractivity (Wildman–Crippen MR) is 71.7 cm³/mol. The van der Waals surface area contributed by atoms with Crippen LogP contribution in [0.2, 0.25) is 0 Å². The van der Waals surface area contributed by atoms with Crippen LogP contribution in [0.4, 0.5) is 0 Å². The molecule has 0 saturated carbocycles. The maximum atomic E-state index is 3.77. The second-order valence-corrected chi connectivity index (χ2v) is 4.31. The lowest BCUT2D eigenvalue weighted by molar-refractivity contribution is 0.521. The molecule has 0 heterocycles. The fourth-order valence-electron chi connectivity index (χ4n) is 1.99. The van der Waals surface area contributed by atoms with E-state index in [4.69, 9.17) is 0 Å². The van der Waals surface area contributed by atoms with Gasteiger partial charge in [-0.1, -0.05) is 61.6 Å². The molecule has 1 aromatic rings. The standard InChI is InChI=1S/C15H21N/c1-5-9-13(2)15(3,12-16-4)14-10-7-6-8-11-14/h5-11,16H,1,12H2,2-4H3/b13-9+. The Morgan fingerprint density at radius 3 is 2.50 bits per heavy atom. The Morgan fingerprint density at radius 2 is 2.00 bits per heavy atom. The number of hydrogen-bond acceptors (Lipinski definition) is 1.